The molecule has 0 aromatic carbocycles. The summed E-state index contributed by atoms with van der Waals surface area (Å²) in [5.74, 6) is 0.296. The Bertz CT molecular complexity index is 833. The van der Waals surface area contributed by atoms with Gasteiger partial charge in [0.15, 0.2) is 0 Å². The number of carbonyl (C=O) groups is 1. The molecule has 7 heteroatoms. The van der Waals surface area contributed by atoms with Gasteiger partial charge >= 0.3 is 0 Å². The van der Waals surface area contributed by atoms with Crippen molar-refractivity contribution >= 4 is 39.2 Å². The molecule has 3 heterocycles. The van der Waals surface area contributed by atoms with Gasteiger partial charge in [-0.15, -0.1) is 11.3 Å². The van der Waals surface area contributed by atoms with Gasteiger partial charge in [-0.05, 0) is 31.5 Å². The molecule has 3 rings (SSSR count). The Hall–Kier alpha value is -1.99. The second-order valence-corrected chi connectivity index (χ2v) is 7.20. The number of hydrogen-bond donors (Lipinski definition) is 1. The maximum Gasteiger partial charge on any atom is 0.230 e. The number of thiophene rings is 1. The van der Waals surface area contributed by atoms with Crippen molar-refractivity contribution in [2.24, 2.45) is 0 Å². The highest BCUT2D eigenvalue weighted by Gasteiger charge is 2.13. The highest BCUT2D eigenvalue weighted by Crippen LogP contribution is 2.34. The van der Waals surface area contributed by atoms with E-state index in [0.29, 0.717) is 12.3 Å². The molecule has 5 nitrogen and oxygen atoms in total. The van der Waals surface area contributed by atoms with E-state index in [0.717, 1.165) is 20.9 Å². The van der Waals surface area contributed by atoms with Gasteiger partial charge in [-0.25, -0.2) is 9.97 Å². The SMILES string of the molecule is Cc1sc2ncnc(SCC(=O)NCc3ccccn3)c2c1C. The summed E-state index contributed by atoms with van der Waals surface area (Å²) in [4.78, 5) is 27.1. The highest BCUT2D eigenvalue weighted by atomic mass is 32.2. The molecule has 0 aliphatic carbocycles. The lowest BCUT2D eigenvalue weighted by Gasteiger charge is -2.05. The fourth-order valence-electron chi connectivity index (χ4n) is 2.14. The van der Waals surface area contributed by atoms with E-state index in [1.165, 1.54) is 22.2 Å². The zero-order valence-electron chi connectivity index (χ0n) is 12.9. The number of aromatic nitrogens is 3. The largest absolute Gasteiger partial charge is 0.350 e. The van der Waals surface area contributed by atoms with Gasteiger partial charge in [0.25, 0.3) is 0 Å². The molecule has 0 atom stereocenters. The van der Waals surface area contributed by atoms with Gasteiger partial charge in [0.05, 0.1) is 18.0 Å². The Labute approximate surface area is 142 Å². The molecule has 0 bridgehead atoms. The number of pyridine rings is 1. The van der Waals surface area contributed by atoms with E-state index in [1.54, 1.807) is 23.9 Å². The third kappa shape index (κ3) is 3.68. The van der Waals surface area contributed by atoms with Crippen LogP contribution < -0.4 is 5.32 Å². The summed E-state index contributed by atoms with van der Waals surface area (Å²) in [6.07, 6.45) is 3.28. The van der Waals surface area contributed by atoms with E-state index in [9.17, 15) is 4.79 Å². The Morgan fingerprint density at radius 3 is 2.91 bits per heavy atom. The number of nitrogens with one attached hydrogen (secondary N) is 1. The van der Waals surface area contributed by atoms with Crippen molar-refractivity contribution in [3.63, 3.8) is 0 Å². The van der Waals surface area contributed by atoms with Crippen LogP contribution >= 0.6 is 23.1 Å². The lowest BCUT2D eigenvalue weighted by atomic mass is 10.2. The fourth-order valence-corrected chi connectivity index (χ4v) is 4.08. The Kier molecular flexibility index (Phi) is 4.88. The molecule has 0 saturated carbocycles. The van der Waals surface area contributed by atoms with Crippen LogP contribution in [0.15, 0.2) is 35.7 Å². The number of amides is 1. The van der Waals surface area contributed by atoms with Crippen LogP contribution in [0.25, 0.3) is 10.2 Å². The number of nitrogens with zero attached hydrogens (tertiary/aromatic N) is 3. The molecule has 0 unspecified atom stereocenters. The van der Waals surface area contributed by atoms with E-state index >= 15 is 0 Å². The normalized spacial score (nSPS) is 10.9. The van der Waals surface area contributed by atoms with Crippen molar-refractivity contribution in [3.05, 3.63) is 46.9 Å². The van der Waals surface area contributed by atoms with Gasteiger partial charge < -0.3 is 5.32 Å². The van der Waals surface area contributed by atoms with Gasteiger partial charge in [-0.2, -0.15) is 0 Å². The van der Waals surface area contributed by atoms with Crippen LogP contribution in [0.2, 0.25) is 0 Å². The molecule has 1 N–H and O–H groups in total. The van der Waals surface area contributed by atoms with Crippen LogP contribution in [-0.2, 0) is 11.3 Å². The predicted octanol–water partition coefficient (Wildman–Crippen LogP) is 3.11. The summed E-state index contributed by atoms with van der Waals surface area (Å²) in [6, 6.07) is 5.65. The highest BCUT2D eigenvalue weighted by molar-refractivity contribution is 8.00. The molecule has 0 aliphatic heterocycles. The number of thioether (sulfide) groups is 1. The number of fused-ring (bicyclic) bond motifs is 1. The number of aryl methyl sites for hydroxylation is 2. The minimum Gasteiger partial charge on any atom is -0.350 e. The van der Waals surface area contributed by atoms with E-state index in [2.05, 4.69) is 34.1 Å². The van der Waals surface area contributed by atoms with Gasteiger partial charge in [0.1, 0.15) is 16.2 Å². The lowest BCUT2D eigenvalue weighted by molar-refractivity contribution is -0.118. The quantitative estimate of drug-likeness (QED) is 0.569. The van der Waals surface area contributed by atoms with Crippen molar-refractivity contribution in [1.82, 2.24) is 20.3 Å². The van der Waals surface area contributed by atoms with Crippen LogP contribution in [-0.4, -0.2) is 26.6 Å². The Morgan fingerprint density at radius 1 is 1.26 bits per heavy atom. The molecule has 1 amide bonds. The summed E-state index contributed by atoms with van der Waals surface area (Å²) >= 11 is 3.11. The second-order valence-electron chi connectivity index (χ2n) is 5.03. The number of carbonyl (C=O) groups excluding carboxylic acids is 1. The summed E-state index contributed by atoms with van der Waals surface area (Å²) in [5, 5.41) is 4.81. The third-order valence-corrected chi connectivity index (χ3v) is 5.57. The second kappa shape index (κ2) is 7.06. The fraction of sp³-hybridized carbons (Fsp3) is 0.250. The molecule has 0 fully saturated rings. The monoisotopic (exact) mass is 344 g/mol. The van der Waals surface area contributed by atoms with Crippen molar-refractivity contribution in [3.8, 4) is 0 Å². The lowest BCUT2D eigenvalue weighted by Crippen LogP contribution is -2.25. The van der Waals surface area contributed by atoms with Gasteiger partial charge in [-0.1, -0.05) is 17.8 Å². The summed E-state index contributed by atoms with van der Waals surface area (Å²) < 4.78 is 0. The molecule has 3 aromatic heterocycles. The maximum atomic E-state index is 12.0. The summed E-state index contributed by atoms with van der Waals surface area (Å²) in [7, 11) is 0. The Morgan fingerprint density at radius 2 is 2.13 bits per heavy atom. The molecule has 0 radical (unpaired) electrons. The number of rotatable bonds is 5. The zero-order chi connectivity index (χ0) is 16.2. The van der Waals surface area contributed by atoms with Gasteiger partial charge in [0.2, 0.25) is 5.91 Å². The first kappa shape index (κ1) is 15.9. The molecular weight excluding hydrogens is 328 g/mol. The molecule has 0 aliphatic rings. The smallest absolute Gasteiger partial charge is 0.230 e. The van der Waals surface area contributed by atoms with E-state index in [1.807, 2.05) is 18.2 Å². The maximum absolute atomic E-state index is 12.0. The Balaban J connectivity index is 1.63. The minimum absolute atomic E-state index is 0.0305. The van der Waals surface area contributed by atoms with E-state index in [4.69, 9.17) is 0 Å². The average Bonchev–Trinajstić information content (AvgIpc) is 2.87. The first-order chi connectivity index (χ1) is 11.1. The topological polar surface area (TPSA) is 67.8 Å². The first-order valence-electron chi connectivity index (χ1n) is 7.15. The molecule has 118 valence electrons. The minimum atomic E-state index is -0.0305. The molecule has 0 spiro atoms. The summed E-state index contributed by atoms with van der Waals surface area (Å²) in [5.41, 5.74) is 2.04. The molecular formula is C16H16N4OS2. The third-order valence-electron chi connectivity index (χ3n) is 3.46. The van der Waals surface area contributed by atoms with Crippen molar-refractivity contribution in [1.29, 1.82) is 0 Å². The van der Waals surface area contributed by atoms with Crippen LogP contribution in [0.4, 0.5) is 0 Å². The molecule has 3 aromatic rings. The van der Waals surface area contributed by atoms with E-state index < -0.39 is 0 Å². The molecule has 0 saturated heterocycles. The van der Waals surface area contributed by atoms with Crippen molar-refractivity contribution in [2.75, 3.05) is 5.75 Å². The standard InChI is InChI=1S/C16H16N4OS2/c1-10-11(2)23-16-14(10)15(19-9-20-16)22-8-13(21)18-7-12-5-3-4-6-17-12/h3-6,9H,7-8H2,1-2H3,(H,18,21). The van der Waals surface area contributed by atoms with Crippen LogP contribution in [0.5, 0.6) is 0 Å². The van der Waals surface area contributed by atoms with E-state index in [-0.39, 0.29) is 5.91 Å². The summed E-state index contributed by atoms with van der Waals surface area (Å²) in [6.45, 7) is 4.59. The average molecular weight is 344 g/mol. The van der Waals surface area contributed by atoms with Crippen LogP contribution in [0.1, 0.15) is 16.1 Å². The van der Waals surface area contributed by atoms with Crippen LogP contribution in [0, 0.1) is 13.8 Å². The molecule has 23 heavy (non-hydrogen) atoms. The predicted molar refractivity (Wildman–Crippen MR) is 93.7 cm³/mol. The van der Waals surface area contributed by atoms with Crippen LogP contribution in [0.3, 0.4) is 0 Å². The number of hydrogen-bond acceptors (Lipinski definition) is 6. The van der Waals surface area contributed by atoms with Crippen molar-refractivity contribution < 1.29 is 4.79 Å². The first-order valence-corrected chi connectivity index (χ1v) is 8.95. The van der Waals surface area contributed by atoms with Gasteiger partial charge in [0, 0.05) is 16.5 Å². The van der Waals surface area contributed by atoms with Crippen molar-refractivity contribution in [2.45, 2.75) is 25.4 Å². The zero-order valence-corrected chi connectivity index (χ0v) is 14.5. The van der Waals surface area contributed by atoms with Gasteiger partial charge in [-0.3, -0.25) is 9.78 Å².